The van der Waals surface area contributed by atoms with E-state index < -0.39 is 18.7 Å². The van der Waals surface area contributed by atoms with Gasteiger partial charge in [0.15, 0.2) is 12.3 Å². The summed E-state index contributed by atoms with van der Waals surface area (Å²) in [5.74, 6) is -0.353. The lowest BCUT2D eigenvalue weighted by Gasteiger charge is -2.16. The fraction of sp³-hybridized carbons (Fsp3) is 0.192. The second kappa shape index (κ2) is 10.8. The van der Waals surface area contributed by atoms with Gasteiger partial charge in [0.1, 0.15) is 5.75 Å². The summed E-state index contributed by atoms with van der Waals surface area (Å²) in [7, 11) is 6.00. The number of amides is 2. The first-order valence-corrected chi connectivity index (χ1v) is 11.2. The Balaban J connectivity index is 1.72. The smallest absolute Gasteiger partial charge is 0.412 e. The molecule has 0 aliphatic carbocycles. The van der Waals surface area contributed by atoms with Crippen LogP contribution < -0.4 is 10.1 Å². The van der Waals surface area contributed by atoms with Gasteiger partial charge in [-0.25, -0.2) is 14.6 Å². The Morgan fingerprint density at radius 1 is 1.03 bits per heavy atom. The largest absolute Gasteiger partial charge is 0.496 e. The second-order valence-corrected chi connectivity index (χ2v) is 8.13. The van der Waals surface area contributed by atoms with E-state index in [0.29, 0.717) is 17.0 Å². The van der Waals surface area contributed by atoms with Crippen molar-refractivity contribution in [3.63, 3.8) is 0 Å². The standard InChI is InChI=1S/C26H25N5O6/c1-31(2)25(33)18-11-15(9-10-20(18)28-26(34)37-14-22(32)36-4)16-12-19-23(29-30-24(19)27-13-16)17-7-5-6-8-21(17)35-3/h5-13H,14H2,1-4H3,(H,28,34)(H,27,29,30). The van der Waals surface area contributed by atoms with Crippen molar-refractivity contribution in [1.82, 2.24) is 20.1 Å². The van der Waals surface area contributed by atoms with Crippen LogP contribution in [0.1, 0.15) is 10.4 Å². The number of pyridine rings is 1. The molecule has 0 unspecified atom stereocenters. The summed E-state index contributed by atoms with van der Waals surface area (Å²) >= 11 is 0. The minimum Gasteiger partial charge on any atom is -0.496 e. The summed E-state index contributed by atoms with van der Waals surface area (Å²) in [5.41, 5.74) is 4.00. The van der Waals surface area contributed by atoms with Crippen LogP contribution >= 0.6 is 0 Å². The molecule has 0 fully saturated rings. The third-order valence-electron chi connectivity index (χ3n) is 5.56. The van der Waals surface area contributed by atoms with E-state index in [4.69, 9.17) is 9.47 Å². The van der Waals surface area contributed by atoms with E-state index in [1.165, 1.54) is 12.0 Å². The first-order valence-electron chi connectivity index (χ1n) is 11.2. The molecule has 2 aromatic carbocycles. The Hall–Kier alpha value is -4.93. The summed E-state index contributed by atoms with van der Waals surface area (Å²) < 4.78 is 14.8. The molecule has 11 heteroatoms. The zero-order valence-corrected chi connectivity index (χ0v) is 20.7. The molecule has 0 saturated carbocycles. The highest BCUT2D eigenvalue weighted by Gasteiger charge is 2.19. The molecule has 0 radical (unpaired) electrons. The number of H-pyrrole nitrogens is 1. The van der Waals surface area contributed by atoms with Crippen LogP contribution in [0.15, 0.2) is 54.7 Å². The highest BCUT2D eigenvalue weighted by atomic mass is 16.6. The van der Waals surface area contributed by atoms with Gasteiger partial charge in [-0.2, -0.15) is 5.10 Å². The fourth-order valence-electron chi connectivity index (χ4n) is 3.69. The number of fused-ring (bicyclic) bond motifs is 1. The summed E-state index contributed by atoms with van der Waals surface area (Å²) in [4.78, 5) is 42.2. The summed E-state index contributed by atoms with van der Waals surface area (Å²) in [6, 6.07) is 14.5. The number of rotatable bonds is 7. The maximum Gasteiger partial charge on any atom is 0.412 e. The Morgan fingerprint density at radius 3 is 2.54 bits per heavy atom. The monoisotopic (exact) mass is 503 g/mol. The van der Waals surface area contributed by atoms with Gasteiger partial charge >= 0.3 is 12.1 Å². The van der Waals surface area contributed by atoms with E-state index in [1.807, 2.05) is 30.3 Å². The van der Waals surface area contributed by atoms with Crippen LogP contribution in [0.3, 0.4) is 0 Å². The van der Waals surface area contributed by atoms with E-state index in [1.54, 1.807) is 45.6 Å². The number of carbonyl (C=O) groups excluding carboxylic acids is 3. The molecular formula is C26H25N5O6. The van der Waals surface area contributed by atoms with Crippen molar-refractivity contribution < 1.29 is 28.6 Å². The molecule has 190 valence electrons. The highest BCUT2D eigenvalue weighted by molar-refractivity contribution is 6.04. The van der Waals surface area contributed by atoms with Gasteiger partial charge in [0.05, 0.1) is 31.2 Å². The van der Waals surface area contributed by atoms with Gasteiger partial charge in [-0.1, -0.05) is 18.2 Å². The second-order valence-electron chi connectivity index (χ2n) is 8.13. The van der Waals surface area contributed by atoms with Gasteiger partial charge in [0.2, 0.25) is 0 Å². The average molecular weight is 504 g/mol. The van der Waals surface area contributed by atoms with Crippen molar-refractivity contribution in [1.29, 1.82) is 0 Å². The number of esters is 1. The van der Waals surface area contributed by atoms with Gasteiger partial charge in [0.25, 0.3) is 5.91 Å². The molecule has 0 aliphatic heterocycles. The zero-order valence-electron chi connectivity index (χ0n) is 20.7. The molecule has 11 nitrogen and oxygen atoms in total. The summed E-state index contributed by atoms with van der Waals surface area (Å²) in [6.45, 7) is -0.553. The molecule has 37 heavy (non-hydrogen) atoms. The fourth-order valence-corrected chi connectivity index (χ4v) is 3.69. The number of aromatic amines is 1. The Labute approximate surface area is 212 Å². The third kappa shape index (κ3) is 5.35. The molecule has 0 bridgehead atoms. The van der Waals surface area contributed by atoms with Gasteiger partial charge < -0.3 is 19.1 Å². The Bertz CT molecular complexity index is 1480. The van der Waals surface area contributed by atoms with Crippen molar-refractivity contribution in [3.05, 3.63) is 60.3 Å². The number of carbonyl (C=O) groups is 3. The lowest BCUT2D eigenvalue weighted by atomic mass is 10.0. The third-order valence-corrected chi connectivity index (χ3v) is 5.56. The van der Waals surface area contributed by atoms with E-state index in [0.717, 1.165) is 22.2 Å². The van der Waals surface area contributed by atoms with Crippen LogP contribution in [-0.2, 0) is 14.3 Å². The maximum atomic E-state index is 12.9. The summed E-state index contributed by atoms with van der Waals surface area (Å²) in [5, 5.41) is 10.6. The van der Waals surface area contributed by atoms with E-state index >= 15 is 0 Å². The number of nitrogens with one attached hydrogen (secondary N) is 2. The minimum absolute atomic E-state index is 0.226. The highest BCUT2D eigenvalue weighted by Crippen LogP contribution is 2.35. The first kappa shape index (κ1) is 25.2. The van der Waals surface area contributed by atoms with Crippen molar-refractivity contribution in [2.75, 3.05) is 40.2 Å². The van der Waals surface area contributed by atoms with Gasteiger partial charge in [-0.15, -0.1) is 0 Å². The van der Waals surface area contributed by atoms with Crippen LogP contribution in [0.2, 0.25) is 0 Å². The van der Waals surface area contributed by atoms with Crippen LogP contribution in [0, 0.1) is 0 Å². The number of aromatic nitrogens is 3. The normalized spacial score (nSPS) is 10.6. The number of hydrogen-bond acceptors (Lipinski definition) is 8. The van der Waals surface area contributed by atoms with Crippen LogP contribution in [-0.4, -0.2) is 73.0 Å². The quantitative estimate of drug-likeness (QED) is 0.364. The molecule has 2 heterocycles. The number of methoxy groups -OCH3 is 2. The predicted molar refractivity (Wildman–Crippen MR) is 136 cm³/mol. The topological polar surface area (TPSA) is 136 Å². The Morgan fingerprint density at radius 2 is 1.81 bits per heavy atom. The molecule has 2 N–H and O–H groups in total. The molecule has 2 aromatic heterocycles. The maximum absolute atomic E-state index is 12.9. The van der Waals surface area contributed by atoms with Crippen molar-refractivity contribution >= 4 is 34.7 Å². The molecule has 0 aliphatic rings. The number of nitrogens with zero attached hydrogens (tertiary/aromatic N) is 3. The van der Waals surface area contributed by atoms with E-state index in [2.05, 4.69) is 25.2 Å². The number of hydrogen-bond donors (Lipinski definition) is 2. The van der Waals surface area contributed by atoms with Gasteiger partial charge in [-0.05, 0) is 35.9 Å². The molecular weight excluding hydrogens is 478 g/mol. The minimum atomic E-state index is -0.895. The number of para-hydroxylation sites is 1. The molecule has 4 rings (SSSR count). The Kier molecular flexibility index (Phi) is 7.33. The molecule has 0 saturated heterocycles. The number of anilines is 1. The molecule has 0 spiro atoms. The van der Waals surface area contributed by atoms with E-state index in [9.17, 15) is 14.4 Å². The zero-order chi connectivity index (χ0) is 26.5. The lowest BCUT2D eigenvalue weighted by Crippen LogP contribution is -2.25. The molecule has 4 aromatic rings. The number of ether oxygens (including phenoxy) is 3. The average Bonchev–Trinajstić information content (AvgIpc) is 3.34. The summed E-state index contributed by atoms with van der Waals surface area (Å²) in [6.07, 6.45) is 0.764. The van der Waals surface area contributed by atoms with Crippen LogP contribution in [0.5, 0.6) is 5.75 Å². The van der Waals surface area contributed by atoms with Crippen molar-refractivity contribution in [3.8, 4) is 28.1 Å². The van der Waals surface area contributed by atoms with Crippen molar-refractivity contribution in [2.45, 2.75) is 0 Å². The number of benzene rings is 2. The van der Waals surface area contributed by atoms with Crippen LogP contribution in [0.25, 0.3) is 33.4 Å². The van der Waals surface area contributed by atoms with Gasteiger partial charge in [-0.3, -0.25) is 15.2 Å². The predicted octanol–water partition coefficient (Wildman–Crippen LogP) is 3.72. The first-order chi connectivity index (χ1) is 17.8. The lowest BCUT2D eigenvalue weighted by molar-refractivity contribution is -0.143. The molecule has 0 atom stereocenters. The van der Waals surface area contributed by atoms with Crippen LogP contribution in [0.4, 0.5) is 10.5 Å². The van der Waals surface area contributed by atoms with Gasteiger partial charge in [0, 0.05) is 36.8 Å². The SMILES string of the molecule is COC(=O)COC(=O)Nc1ccc(-c2cnc3n[nH]c(-c4ccccc4OC)c3c2)cc1C(=O)N(C)C. The van der Waals surface area contributed by atoms with E-state index in [-0.39, 0.29) is 17.2 Å². The van der Waals surface area contributed by atoms with Crippen molar-refractivity contribution in [2.24, 2.45) is 0 Å². The molecule has 2 amide bonds.